The summed E-state index contributed by atoms with van der Waals surface area (Å²) in [5.41, 5.74) is -1.19. The Morgan fingerprint density at radius 3 is 2.68 bits per heavy atom. The highest BCUT2D eigenvalue weighted by molar-refractivity contribution is 5.64. The lowest BCUT2D eigenvalue weighted by atomic mass is 9.57. The summed E-state index contributed by atoms with van der Waals surface area (Å²) in [7, 11) is 0. The molecular formula is C22H32O3. The maximum absolute atomic E-state index is 12.3. The summed E-state index contributed by atoms with van der Waals surface area (Å²) < 4.78 is 11.7. The molecule has 0 amide bonds. The number of allylic oxidation sites excluding steroid dienone is 1. The molecule has 0 aromatic heterocycles. The summed E-state index contributed by atoms with van der Waals surface area (Å²) in [6.45, 7) is 16.2. The summed E-state index contributed by atoms with van der Waals surface area (Å²) >= 11 is 0. The number of carbonyl (C=O) groups excluding carboxylic acids is 1. The minimum absolute atomic E-state index is 0.0563. The van der Waals surface area contributed by atoms with Crippen molar-refractivity contribution in [3.05, 3.63) is 25.3 Å². The Bertz CT molecular complexity index is 594. The highest BCUT2D eigenvalue weighted by Gasteiger charge is 2.63. The molecule has 2 rings (SSSR count). The maximum atomic E-state index is 12.3. The smallest absolute Gasteiger partial charge is 0.426 e. The van der Waals surface area contributed by atoms with E-state index < -0.39 is 17.2 Å². The Labute approximate surface area is 152 Å². The van der Waals surface area contributed by atoms with E-state index in [-0.39, 0.29) is 17.4 Å². The van der Waals surface area contributed by atoms with Gasteiger partial charge in [0, 0.05) is 11.3 Å². The van der Waals surface area contributed by atoms with Crippen molar-refractivity contribution in [2.24, 2.45) is 16.7 Å². The molecule has 0 N–H and O–H groups in total. The third kappa shape index (κ3) is 3.36. The van der Waals surface area contributed by atoms with Gasteiger partial charge in [0.15, 0.2) is 11.7 Å². The molecule has 0 radical (unpaired) electrons. The van der Waals surface area contributed by atoms with Crippen LogP contribution in [0.3, 0.4) is 0 Å². The van der Waals surface area contributed by atoms with Crippen LogP contribution >= 0.6 is 0 Å². The van der Waals surface area contributed by atoms with E-state index in [1.807, 2.05) is 19.1 Å². The predicted molar refractivity (Wildman–Crippen MR) is 101 cm³/mol. The summed E-state index contributed by atoms with van der Waals surface area (Å²) in [4.78, 5) is 12.3. The molecule has 1 saturated carbocycles. The van der Waals surface area contributed by atoms with Gasteiger partial charge in [-0.05, 0) is 31.6 Å². The van der Waals surface area contributed by atoms with Crippen molar-refractivity contribution in [2.75, 3.05) is 0 Å². The van der Waals surface area contributed by atoms with Gasteiger partial charge in [0.2, 0.25) is 0 Å². The van der Waals surface area contributed by atoms with E-state index in [1.54, 1.807) is 0 Å². The quantitative estimate of drug-likeness (QED) is 0.354. The minimum atomic E-state index is -0.806. The highest BCUT2D eigenvalue weighted by Crippen LogP contribution is 2.55. The Hall–Kier alpha value is -1.69. The normalized spacial score (nSPS) is 35.1. The number of rotatable bonds is 6. The van der Waals surface area contributed by atoms with Crippen LogP contribution in [0.1, 0.15) is 66.2 Å². The van der Waals surface area contributed by atoms with E-state index in [0.717, 1.165) is 25.7 Å². The number of ether oxygens (including phenoxy) is 2. The van der Waals surface area contributed by atoms with Crippen LogP contribution in [0.2, 0.25) is 0 Å². The van der Waals surface area contributed by atoms with Crippen LogP contribution in [0.15, 0.2) is 25.3 Å². The van der Waals surface area contributed by atoms with Gasteiger partial charge >= 0.3 is 6.16 Å². The first-order valence-electron chi connectivity index (χ1n) is 9.30. The molecule has 0 bridgehead atoms. The molecule has 2 fully saturated rings. The molecule has 0 aromatic rings. The Kier molecular flexibility index (Phi) is 5.72. The zero-order valence-corrected chi connectivity index (χ0v) is 16.2. The fourth-order valence-corrected chi connectivity index (χ4v) is 4.62. The van der Waals surface area contributed by atoms with Gasteiger partial charge in [-0.1, -0.05) is 51.7 Å². The summed E-state index contributed by atoms with van der Waals surface area (Å²) in [6.07, 6.45) is 8.82. The van der Waals surface area contributed by atoms with Crippen molar-refractivity contribution < 1.29 is 14.3 Å². The van der Waals surface area contributed by atoms with Crippen molar-refractivity contribution in [2.45, 2.75) is 77.9 Å². The van der Waals surface area contributed by atoms with Crippen molar-refractivity contribution in [1.29, 1.82) is 0 Å². The first kappa shape index (κ1) is 19.6. The number of cyclic esters (lactones) is 2. The molecule has 0 aromatic carbocycles. The molecule has 1 unspecified atom stereocenters. The first-order chi connectivity index (χ1) is 11.8. The Morgan fingerprint density at radius 1 is 1.36 bits per heavy atom. The van der Waals surface area contributed by atoms with E-state index in [0.29, 0.717) is 6.42 Å². The fourth-order valence-electron chi connectivity index (χ4n) is 4.62. The standard InChI is InChI=1S/C22H32O3/c1-7-10-16-22(20(4,5)9-3)18(24-19(23)25-22)17-13-11-12-15-21(17,6)14-8-2/h8-9,17-18H,2-3,11-16H2,1,4-6H3/t17?,18-,21+,22+/m0/s1. The van der Waals surface area contributed by atoms with Gasteiger partial charge in [-0.3, -0.25) is 0 Å². The van der Waals surface area contributed by atoms with Gasteiger partial charge < -0.3 is 9.47 Å². The minimum Gasteiger partial charge on any atom is -0.426 e. The van der Waals surface area contributed by atoms with Crippen LogP contribution < -0.4 is 0 Å². The van der Waals surface area contributed by atoms with Crippen LogP contribution in [0, 0.1) is 28.6 Å². The van der Waals surface area contributed by atoms with Gasteiger partial charge in [-0.25, -0.2) is 4.79 Å². The highest BCUT2D eigenvalue weighted by atomic mass is 16.8. The Morgan fingerprint density at radius 2 is 2.08 bits per heavy atom. The third-order valence-corrected chi connectivity index (χ3v) is 6.46. The van der Waals surface area contributed by atoms with Gasteiger partial charge in [0.25, 0.3) is 0 Å². The van der Waals surface area contributed by atoms with E-state index in [2.05, 4.69) is 45.8 Å². The summed E-state index contributed by atoms with van der Waals surface area (Å²) in [5, 5.41) is 0. The predicted octanol–water partition coefficient (Wildman–Crippen LogP) is 5.66. The maximum Gasteiger partial charge on any atom is 0.509 e. The third-order valence-electron chi connectivity index (χ3n) is 6.46. The average molecular weight is 344 g/mol. The number of hydrogen-bond donors (Lipinski definition) is 0. The Balaban J connectivity index is 2.53. The molecule has 25 heavy (non-hydrogen) atoms. The SMILES string of the molecule is C=CC[C@]1(C)CCCCC1[C@@H]1OC(=O)O[C@@]1(CC#CC)C(C)(C)C=C. The lowest BCUT2D eigenvalue weighted by Crippen LogP contribution is -2.57. The second-order valence-electron chi connectivity index (χ2n) is 8.31. The zero-order chi connectivity index (χ0) is 18.7. The monoisotopic (exact) mass is 344 g/mol. The zero-order valence-electron chi connectivity index (χ0n) is 16.2. The molecule has 3 nitrogen and oxygen atoms in total. The molecule has 3 heteroatoms. The van der Waals surface area contributed by atoms with E-state index in [9.17, 15) is 4.79 Å². The second kappa shape index (κ2) is 7.28. The van der Waals surface area contributed by atoms with Gasteiger partial charge in [-0.2, -0.15) is 0 Å². The second-order valence-corrected chi connectivity index (χ2v) is 8.31. The van der Waals surface area contributed by atoms with Gasteiger partial charge in [0.05, 0.1) is 6.42 Å². The molecule has 1 aliphatic heterocycles. The molecule has 4 atom stereocenters. The molecule has 0 spiro atoms. The van der Waals surface area contributed by atoms with Crippen LogP contribution in [0.4, 0.5) is 4.79 Å². The van der Waals surface area contributed by atoms with Crippen LogP contribution in [0.25, 0.3) is 0 Å². The average Bonchev–Trinajstić information content (AvgIpc) is 2.91. The van der Waals surface area contributed by atoms with Crippen LogP contribution in [-0.4, -0.2) is 17.9 Å². The van der Waals surface area contributed by atoms with Gasteiger partial charge in [0.1, 0.15) is 0 Å². The lowest BCUT2D eigenvalue weighted by Gasteiger charge is -2.50. The molecule has 1 heterocycles. The molecule has 1 saturated heterocycles. The molecule has 2 aliphatic rings. The van der Waals surface area contributed by atoms with E-state index >= 15 is 0 Å². The number of hydrogen-bond acceptors (Lipinski definition) is 3. The molecule has 138 valence electrons. The van der Waals surface area contributed by atoms with Crippen molar-refractivity contribution in [3.63, 3.8) is 0 Å². The van der Waals surface area contributed by atoms with Crippen molar-refractivity contribution in [3.8, 4) is 11.8 Å². The molecular weight excluding hydrogens is 312 g/mol. The largest absolute Gasteiger partial charge is 0.509 e. The van der Waals surface area contributed by atoms with Gasteiger partial charge in [-0.15, -0.1) is 19.1 Å². The van der Waals surface area contributed by atoms with Crippen molar-refractivity contribution in [1.82, 2.24) is 0 Å². The summed E-state index contributed by atoms with van der Waals surface area (Å²) in [5.74, 6) is 6.32. The van der Waals surface area contributed by atoms with Crippen LogP contribution in [0.5, 0.6) is 0 Å². The molecule has 1 aliphatic carbocycles. The fraction of sp³-hybridized carbons (Fsp3) is 0.682. The van der Waals surface area contributed by atoms with E-state index in [1.165, 1.54) is 6.42 Å². The van der Waals surface area contributed by atoms with Crippen LogP contribution in [-0.2, 0) is 9.47 Å². The van der Waals surface area contributed by atoms with E-state index in [4.69, 9.17) is 9.47 Å². The summed E-state index contributed by atoms with van der Waals surface area (Å²) in [6, 6.07) is 0. The topological polar surface area (TPSA) is 35.5 Å². The first-order valence-corrected chi connectivity index (χ1v) is 9.30. The van der Waals surface area contributed by atoms with Crippen molar-refractivity contribution >= 4 is 6.16 Å². The lowest BCUT2D eigenvalue weighted by molar-refractivity contribution is -0.0963. The number of carbonyl (C=O) groups is 1.